The third-order valence-electron chi connectivity index (χ3n) is 4.85. The van der Waals surface area contributed by atoms with Crippen molar-refractivity contribution in [2.75, 3.05) is 25.0 Å². The van der Waals surface area contributed by atoms with Gasteiger partial charge in [0.2, 0.25) is 5.91 Å². The Kier molecular flexibility index (Phi) is 6.68. The summed E-state index contributed by atoms with van der Waals surface area (Å²) < 4.78 is 0.878. The molecule has 1 saturated heterocycles. The fraction of sp³-hybridized carbons (Fsp3) is 0.333. The lowest BCUT2D eigenvalue weighted by molar-refractivity contribution is -0.117. The molecule has 6 heteroatoms. The van der Waals surface area contributed by atoms with Crippen molar-refractivity contribution in [1.82, 2.24) is 4.90 Å². The van der Waals surface area contributed by atoms with Gasteiger partial charge in [-0.05, 0) is 90.7 Å². The number of carbonyl (C=O) groups excluding carboxylic acids is 2. The summed E-state index contributed by atoms with van der Waals surface area (Å²) >= 11 is 9.36. The van der Waals surface area contributed by atoms with E-state index in [9.17, 15) is 9.59 Å². The molecule has 0 atom stereocenters. The van der Waals surface area contributed by atoms with E-state index in [1.165, 1.54) is 0 Å². The zero-order chi connectivity index (χ0) is 19.4. The van der Waals surface area contributed by atoms with Crippen molar-refractivity contribution in [3.8, 4) is 0 Å². The molecule has 0 spiro atoms. The number of anilines is 1. The third-order valence-corrected chi connectivity index (χ3v) is 5.76. The number of hydrogen-bond donors (Lipinski definition) is 1. The minimum absolute atomic E-state index is 0.0109. The summed E-state index contributed by atoms with van der Waals surface area (Å²) in [7, 11) is 0. The van der Waals surface area contributed by atoms with E-state index in [1.54, 1.807) is 24.3 Å². The molecule has 1 heterocycles. The van der Waals surface area contributed by atoms with E-state index in [0.717, 1.165) is 41.7 Å². The SMILES string of the molecule is Cc1ccc(NC(=O)CN2CCC(C(=O)c3ccc(Cl)cc3)CC2)c(Br)c1. The Morgan fingerprint density at radius 3 is 2.44 bits per heavy atom. The second-order valence-electron chi connectivity index (χ2n) is 6.95. The highest BCUT2D eigenvalue weighted by Gasteiger charge is 2.26. The van der Waals surface area contributed by atoms with Crippen molar-refractivity contribution in [3.05, 3.63) is 63.1 Å². The number of likely N-dealkylation sites (tertiary alicyclic amines) is 1. The molecule has 1 aliphatic heterocycles. The van der Waals surface area contributed by atoms with Crippen LogP contribution in [0.2, 0.25) is 5.02 Å². The Labute approximate surface area is 173 Å². The summed E-state index contributed by atoms with van der Waals surface area (Å²) in [5, 5.41) is 3.57. The Balaban J connectivity index is 1.49. The van der Waals surface area contributed by atoms with Crippen molar-refractivity contribution in [2.24, 2.45) is 5.92 Å². The Morgan fingerprint density at radius 2 is 1.81 bits per heavy atom. The van der Waals surface area contributed by atoms with E-state index in [0.29, 0.717) is 17.1 Å². The molecule has 0 bridgehead atoms. The molecular formula is C21H22BrClN2O2. The van der Waals surface area contributed by atoms with Gasteiger partial charge in [-0.1, -0.05) is 17.7 Å². The van der Waals surface area contributed by atoms with Crippen LogP contribution in [0.1, 0.15) is 28.8 Å². The molecule has 0 unspecified atom stereocenters. The number of hydrogen-bond acceptors (Lipinski definition) is 3. The Morgan fingerprint density at radius 1 is 1.15 bits per heavy atom. The molecule has 2 aromatic carbocycles. The normalized spacial score (nSPS) is 15.5. The van der Waals surface area contributed by atoms with Gasteiger partial charge in [0, 0.05) is 21.0 Å². The van der Waals surface area contributed by atoms with E-state index in [4.69, 9.17) is 11.6 Å². The highest BCUT2D eigenvalue weighted by atomic mass is 79.9. The van der Waals surface area contributed by atoms with E-state index >= 15 is 0 Å². The lowest BCUT2D eigenvalue weighted by atomic mass is 9.89. The number of carbonyl (C=O) groups is 2. The molecule has 3 rings (SSSR count). The number of piperidine rings is 1. The molecule has 0 aliphatic carbocycles. The van der Waals surface area contributed by atoms with Crippen LogP contribution in [0, 0.1) is 12.8 Å². The van der Waals surface area contributed by atoms with Gasteiger partial charge >= 0.3 is 0 Å². The van der Waals surface area contributed by atoms with Crippen LogP contribution < -0.4 is 5.32 Å². The molecule has 1 aliphatic rings. The van der Waals surface area contributed by atoms with E-state index < -0.39 is 0 Å². The van der Waals surface area contributed by atoms with Crippen LogP contribution in [-0.2, 0) is 4.79 Å². The van der Waals surface area contributed by atoms with Crippen molar-refractivity contribution in [3.63, 3.8) is 0 Å². The smallest absolute Gasteiger partial charge is 0.238 e. The number of benzene rings is 2. The summed E-state index contributed by atoms with van der Waals surface area (Å²) in [6.45, 7) is 3.83. The standard InChI is InChI=1S/C21H22BrClN2O2/c1-14-2-7-19(18(22)12-14)24-20(26)13-25-10-8-16(9-11-25)21(27)15-3-5-17(23)6-4-15/h2-7,12,16H,8-11,13H2,1H3,(H,24,26). The first kappa shape index (κ1) is 20.1. The third kappa shape index (κ3) is 5.41. The Bertz CT molecular complexity index is 831. The van der Waals surface area contributed by atoms with Gasteiger partial charge < -0.3 is 5.32 Å². The molecule has 0 saturated carbocycles. The van der Waals surface area contributed by atoms with Gasteiger partial charge in [-0.3, -0.25) is 14.5 Å². The second-order valence-corrected chi connectivity index (χ2v) is 8.24. The number of nitrogens with zero attached hydrogens (tertiary/aromatic N) is 1. The number of halogens is 2. The average molecular weight is 450 g/mol. The maximum atomic E-state index is 12.6. The first-order valence-electron chi connectivity index (χ1n) is 9.00. The first-order chi connectivity index (χ1) is 12.9. The number of amides is 1. The minimum Gasteiger partial charge on any atom is -0.324 e. The monoisotopic (exact) mass is 448 g/mol. The summed E-state index contributed by atoms with van der Waals surface area (Å²) in [6.07, 6.45) is 1.53. The predicted octanol–water partition coefficient (Wildman–Crippen LogP) is 4.94. The fourth-order valence-electron chi connectivity index (χ4n) is 3.32. The summed E-state index contributed by atoms with van der Waals surface area (Å²) in [4.78, 5) is 27.0. The van der Waals surface area contributed by atoms with Crippen molar-refractivity contribution >= 4 is 44.9 Å². The van der Waals surface area contributed by atoms with Gasteiger partial charge in [0.1, 0.15) is 0 Å². The maximum absolute atomic E-state index is 12.6. The number of nitrogens with one attached hydrogen (secondary N) is 1. The Hall–Kier alpha value is -1.69. The van der Waals surface area contributed by atoms with Crippen LogP contribution in [0.5, 0.6) is 0 Å². The van der Waals surface area contributed by atoms with Crippen molar-refractivity contribution in [1.29, 1.82) is 0 Å². The average Bonchev–Trinajstić information content (AvgIpc) is 2.65. The maximum Gasteiger partial charge on any atom is 0.238 e. The summed E-state index contributed by atoms with van der Waals surface area (Å²) in [5.41, 5.74) is 2.62. The van der Waals surface area contributed by atoms with Gasteiger partial charge in [0.05, 0.1) is 12.2 Å². The zero-order valence-electron chi connectivity index (χ0n) is 15.2. The van der Waals surface area contributed by atoms with Crippen LogP contribution in [-0.4, -0.2) is 36.2 Å². The summed E-state index contributed by atoms with van der Waals surface area (Å²) in [6, 6.07) is 12.9. The van der Waals surface area contributed by atoms with E-state index in [-0.39, 0.29) is 17.6 Å². The number of ketones is 1. The van der Waals surface area contributed by atoms with Crippen molar-refractivity contribution < 1.29 is 9.59 Å². The van der Waals surface area contributed by atoms with Crippen LogP contribution >= 0.6 is 27.5 Å². The molecule has 2 aromatic rings. The summed E-state index contributed by atoms with van der Waals surface area (Å²) in [5.74, 6) is 0.137. The molecule has 1 N–H and O–H groups in total. The molecule has 0 aromatic heterocycles. The lowest BCUT2D eigenvalue weighted by Gasteiger charge is -2.30. The number of Topliss-reactive ketones (excluding diaryl/α,β-unsaturated/α-hetero) is 1. The predicted molar refractivity (Wildman–Crippen MR) is 112 cm³/mol. The van der Waals surface area contributed by atoms with Gasteiger partial charge in [-0.2, -0.15) is 0 Å². The largest absolute Gasteiger partial charge is 0.324 e. The van der Waals surface area contributed by atoms with Crippen LogP contribution in [0.3, 0.4) is 0 Å². The highest BCUT2D eigenvalue weighted by Crippen LogP contribution is 2.25. The molecule has 0 radical (unpaired) electrons. The van der Waals surface area contributed by atoms with Gasteiger partial charge in [-0.15, -0.1) is 0 Å². The molecule has 142 valence electrons. The van der Waals surface area contributed by atoms with Crippen LogP contribution in [0.25, 0.3) is 0 Å². The molecular weight excluding hydrogens is 428 g/mol. The van der Waals surface area contributed by atoms with E-state index in [1.807, 2.05) is 25.1 Å². The van der Waals surface area contributed by atoms with Gasteiger partial charge in [0.15, 0.2) is 5.78 Å². The van der Waals surface area contributed by atoms with Gasteiger partial charge in [-0.25, -0.2) is 0 Å². The lowest BCUT2D eigenvalue weighted by Crippen LogP contribution is -2.40. The van der Waals surface area contributed by atoms with Crippen molar-refractivity contribution in [2.45, 2.75) is 19.8 Å². The fourth-order valence-corrected chi connectivity index (χ4v) is 4.04. The van der Waals surface area contributed by atoms with Crippen LogP contribution in [0.15, 0.2) is 46.9 Å². The quantitative estimate of drug-likeness (QED) is 0.658. The van der Waals surface area contributed by atoms with Crippen LogP contribution in [0.4, 0.5) is 5.69 Å². The number of rotatable bonds is 5. The van der Waals surface area contributed by atoms with Gasteiger partial charge in [0.25, 0.3) is 0 Å². The topological polar surface area (TPSA) is 49.4 Å². The molecule has 1 amide bonds. The van der Waals surface area contributed by atoms with E-state index in [2.05, 4.69) is 26.1 Å². The molecule has 27 heavy (non-hydrogen) atoms. The molecule has 1 fully saturated rings. The number of aryl methyl sites for hydroxylation is 1. The first-order valence-corrected chi connectivity index (χ1v) is 10.2. The minimum atomic E-state index is -0.0398. The second kappa shape index (κ2) is 9.00. The highest BCUT2D eigenvalue weighted by molar-refractivity contribution is 9.10. The zero-order valence-corrected chi connectivity index (χ0v) is 17.5. The molecule has 4 nitrogen and oxygen atoms in total.